The summed E-state index contributed by atoms with van der Waals surface area (Å²) in [6, 6.07) is 1.76. The van der Waals surface area contributed by atoms with Crippen molar-refractivity contribution in [3.63, 3.8) is 0 Å². The Kier molecular flexibility index (Phi) is 5.66. The molecule has 0 atom stereocenters. The third-order valence-corrected chi connectivity index (χ3v) is 3.55. The molecule has 25 heavy (non-hydrogen) atoms. The molecule has 1 aliphatic heterocycles. The smallest absolute Gasteiger partial charge is 0.410 e. The number of nitrogens with two attached hydrogens (primary N) is 1. The first kappa shape index (κ1) is 18.8. The van der Waals surface area contributed by atoms with E-state index in [1.54, 1.807) is 11.0 Å². The third-order valence-electron chi connectivity index (χ3n) is 3.55. The Hall–Kier alpha value is -2.58. The maximum absolute atomic E-state index is 12.1. The fraction of sp³-hybridized carbons (Fsp3) is 0.625. The summed E-state index contributed by atoms with van der Waals surface area (Å²) in [7, 11) is 0. The van der Waals surface area contributed by atoms with Crippen molar-refractivity contribution >= 4 is 23.6 Å². The van der Waals surface area contributed by atoms with E-state index < -0.39 is 5.60 Å². The molecule has 138 valence electrons. The molecule has 0 saturated carbocycles. The van der Waals surface area contributed by atoms with Crippen molar-refractivity contribution in [3.8, 4) is 0 Å². The van der Waals surface area contributed by atoms with Crippen molar-refractivity contribution in [1.29, 1.82) is 0 Å². The van der Waals surface area contributed by atoms with Crippen LogP contribution in [0.1, 0.15) is 33.4 Å². The fourth-order valence-electron chi connectivity index (χ4n) is 2.39. The van der Waals surface area contributed by atoms with E-state index in [0.29, 0.717) is 37.7 Å². The number of nitrogen functional groups attached to an aromatic ring is 1. The van der Waals surface area contributed by atoms with Crippen LogP contribution >= 0.6 is 0 Å². The standard InChI is InChI=1S/C16H25N5O4/c1-11(22)24-10-12-9-13(14(17)19-18-12)20-5-7-21(8-6-20)15(23)25-16(2,3)4/h9H,5-8,10H2,1-4H3,(H2,17,19). The summed E-state index contributed by atoms with van der Waals surface area (Å²) in [6.45, 7) is 9.16. The maximum Gasteiger partial charge on any atom is 0.410 e. The first-order valence-electron chi connectivity index (χ1n) is 8.14. The number of carbonyl (C=O) groups excluding carboxylic acids is 2. The number of hydrogen-bond donors (Lipinski definition) is 1. The minimum atomic E-state index is -0.515. The molecule has 0 aromatic carbocycles. The highest BCUT2D eigenvalue weighted by Crippen LogP contribution is 2.23. The van der Waals surface area contributed by atoms with Crippen LogP contribution in [0.25, 0.3) is 0 Å². The summed E-state index contributed by atoms with van der Waals surface area (Å²) in [5.41, 5.74) is 6.66. The molecule has 2 heterocycles. The highest BCUT2D eigenvalue weighted by atomic mass is 16.6. The second kappa shape index (κ2) is 7.54. The lowest BCUT2D eigenvalue weighted by molar-refractivity contribution is -0.142. The number of aromatic nitrogens is 2. The molecule has 1 aliphatic rings. The van der Waals surface area contributed by atoms with Gasteiger partial charge in [0.25, 0.3) is 0 Å². The van der Waals surface area contributed by atoms with Gasteiger partial charge in [-0.1, -0.05) is 0 Å². The fourth-order valence-corrected chi connectivity index (χ4v) is 2.39. The zero-order valence-corrected chi connectivity index (χ0v) is 15.1. The second-order valence-electron chi connectivity index (χ2n) is 6.84. The van der Waals surface area contributed by atoms with Crippen LogP contribution in [0, 0.1) is 0 Å². The predicted octanol–water partition coefficient (Wildman–Crippen LogP) is 1.18. The SMILES string of the molecule is CC(=O)OCc1cc(N2CCN(C(=O)OC(C)(C)C)CC2)c(N)nn1. The second-order valence-corrected chi connectivity index (χ2v) is 6.84. The van der Waals surface area contributed by atoms with Crippen LogP contribution in [0.3, 0.4) is 0 Å². The lowest BCUT2D eigenvalue weighted by Crippen LogP contribution is -2.50. The van der Waals surface area contributed by atoms with Crippen molar-refractivity contribution in [2.45, 2.75) is 39.9 Å². The lowest BCUT2D eigenvalue weighted by atomic mass is 10.2. The summed E-state index contributed by atoms with van der Waals surface area (Å²) >= 11 is 0. The highest BCUT2D eigenvalue weighted by molar-refractivity contribution is 5.69. The van der Waals surface area contributed by atoms with Gasteiger partial charge in [0.15, 0.2) is 5.82 Å². The van der Waals surface area contributed by atoms with Crippen LogP contribution in [0.2, 0.25) is 0 Å². The van der Waals surface area contributed by atoms with Gasteiger partial charge in [0.2, 0.25) is 0 Å². The monoisotopic (exact) mass is 351 g/mol. The number of nitrogens with zero attached hydrogens (tertiary/aromatic N) is 4. The van der Waals surface area contributed by atoms with Crippen molar-refractivity contribution < 1.29 is 19.1 Å². The van der Waals surface area contributed by atoms with Crippen molar-refractivity contribution in [2.75, 3.05) is 36.8 Å². The molecule has 1 saturated heterocycles. The zero-order chi connectivity index (χ0) is 18.6. The number of esters is 1. The van der Waals surface area contributed by atoms with Crippen molar-refractivity contribution in [2.24, 2.45) is 0 Å². The number of amides is 1. The molecule has 1 amide bonds. The molecular formula is C16H25N5O4. The van der Waals surface area contributed by atoms with Crippen LogP contribution in [-0.2, 0) is 20.9 Å². The molecule has 9 heteroatoms. The Balaban J connectivity index is 1.99. The molecule has 9 nitrogen and oxygen atoms in total. The number of anilines is 2. The molecule has 2 N–H and O–H groups in total. The van der Waals surface area contributed by atoms with Crippen LogP contribution in [0.4, 0.5) is 16.3 Å². The summed E-state index contributed by atoms with van der Waals surface area (Å²) in [5, 5.41) is 7.85. The predicted molar refractivity (Wildman–Crippen MR) is 91.9 cm³/mol. The van der Waals surface area contributed by atoms with Gasteiger partial charge in [-0.3, -0.25) is 4.79 Å². The Morgan fingerprint density at radius 3 is 2.40 bits per heavy atom. The van der Waals surface area contributed by atoms with Crippen LogP contribution in [-0.4, -0.2) is 58.9 Å². The van der Waals surface area contributed by atoms with Crippen LogP contribution in [0.15, 0.2) is 6.07 Å². The van der Waals surface area contributed by atoms with E-state index in [0.717, 1.165) is 5.69 Å². The summed E-state index contributed by atoms with van der Waals surface area (Å²) < 4.78 is 10.3. The molecule has 0 radical (unpaired) electrons. The van der Waals surface area contributed by atoms with Gasteiger partial charge in [0, 0.05) is 33.1 Å². The minimum absolute atomic E-state index is 0.0491. The Labute approximate surface area is 147 Å². The maximum atomic E-state index is 12.1. The van der Waals surface area contributed by atoms with Gasteiger partial charge < -0.3 is 25.0 Å². The van der Waals surface area contributed by atoms with E-state index in [1.807, 2.05) is 25.7 Å². The molecule has 1 fully saturated rings. The number of carbonyl (C=O) groups is 2. The Bertz CT molecular complexity index is 636. The third kappa shape index (κ3) is 5.47. The van der Waals surface area contributed by atoms with Crippen LogP contribution in [0.5, 0.6) is 0 Å². The van der Waals surface area contributed by atoms with E-state index in [2.05, 4.69) is 10.2 Å². The molecule has 0 bridgehead atoms. The molecule has 1 aromatic heterocycles. The van der Waals surface area contributed by atoms with Gasteiger partial charge in [0.05, 0.1) is 5.69 Å². The highest BCUT2D eigenvalue weighted by Gasteiger charge is 2.27. The zero-order valence-electron chi connectivity index (χ0n) is 15.1. The largest absolute Gasteiger partial charge is 0.459 e. The van der Waals surface area contributed by atoms with E-state index >= 15 is 0 Å². The molecule has 0 spiro atoms. The van der Waals surface area contributed by atoms with Gasteiger partial charge in [-0.2, -0.15) is 0 Å². The quantitative estimate of drug-likeness (QED) is 0.808. The molecule has 2 rings (SSSR count). The number of rotatable bonds is 3. The van der Waals surface area contributed by atoms with E-state index in [1.165, 1.54) is 6.92 Å². The van der Waals surface area contributed by atoms with Gasteiger partial charge in [-0.25, -0.2) is 4.79 Å². The van der Waals surface area contributed by atoms with Gasteiger partial charge in [0.1, 0.15) is 17.9 Å². The van der Waals surface area contributed by atoms with E-state index in [-0.39, 0.29) is 18.7 Å². The van der Waals surface area contributed by atoms with E-state index in [9.17, 15) is 9.59 Å². The topological polar surface area (TPSA) is 111 Å². The molecule has 0 unspecified atom stereocenters. The molecule has 1 aromatic rings. The molecule has 0 aliphatic carbocycles. The Morgan fingerprint density at radius 1 is 1.20 bits per heavy atom. The number of hydrogen-bond acceptors (Lipinski definition) is 8. The number of ether oxygens (including phenoxy) is 2. The van der Waals surface area contributed by atoms with Crippen molar-refractivity contribution in [1.82, 2.24) is 15.1 Å². The average molecular weight is 351 g/mol. The molecular weight excluding hydrogens is 326 g/mol. The normalized spacial score (nSPS) is 15.0. The minimum Gasteiger partial charge on any atom is -0.459 e. The van der Waals surface area contributed by atoms with Gasteiger partial charge in [-0.15, -0.1) is 10.2 Å². The lowest BCUT2D eigenvalue weighted by Gasteiger charge is -2.36. The average Bonchev–Trinajstić information content (AvgIpc) is 2.52. The summed E-state index contributed by atoms with van der Waals surface area (Å²) in [6.07, 6.45) is -0.316. The van der Waals surface area contributed by atoms with Gasteiger partial charge >= 0.3 is 12.1 Å². The van der Waals surface area contributed by atoms with Gasteiger partial charge in [-0.05, 0) is 26.8 Å². The summed E-state index contributed by atoms with van der Waals surface area (Å²) in [4.78, 5) is 26.7. The van der Waals surface area contributed by atoms with Crippen LogP contribution < -0.4 is 10.6 Å². The van der Waals surface area contributed by atoms with Crippen molar-refractivity contribution in [3.05, 3.63) is 11.8 Å². The summed E-state index contributed by atoms with van der Waals surface area (Å²) in [5.74, 6) is -0.0801. The first-order valence-corrected chi connectivity index (χ1v) is 8.14. The Morgan fingerprint density at radius 2 is 1.84 bits per heavy atom. The van der Waals surface area contributed by atoms with E-state index in [4.69, 9.17) is 15.2 Å². The number of piperazine rings is 1. The first-order chi connectivity index (χ1) is 11.7.